The Bertz CT molecular complexity index is 428. The lowest BCUT2D eigenvalue weighted by molar-refractivity contribution is 0.146. The molecule has 1 aliphatic heterocycles. The van der Waals surface area contributed by atoms with Crippen molar-refractivity contribution in [2.45, 2.75) is 31.8 Å². The Hall–Kier alpha value is -1.13. The Morgan fingerprint density at radius 3 is 2.58 bits per heavy atom. The topological polar surface area (TPSA) is 24.5 Å². The van der Waals surface area contributed by atoms with E-state index >= 15 is 0 Å². The number of piperidine rings is 1. The van der Waals surface area contributed by atoms with Crippen molar-refractivity contribution in [3.05, 3.63) is 29.6 Å². The average Bonchev–Trinajstić information content (AvgIpc) is 2.42. The van der Waals surface area contributed by atoms with Gasteiger partial charge in [0.2, 0.25) is 0 Å². The molecule has 1 heterocycles. The van der Waals surface area contributed by atoms with E-state index in [1.165, 1.54) is 7.11 Å². The Labute approximate surface area is 114 Å². The van der Waals surface area contributed by atoms with Crippen molar-refractivity contribution >= 4 is 0 Å². The largest absolute Gasteiger partial charge is 0.494 e. The summed E-state index contributed by atoms with van der Waals surface area (Å²) in [6, 6.07) is 5.21. The van der Waals surface area contributed by atoms with Crippen molar-refractivity contribution in [2.75, 3.05) is 27.2 Å². The number of nitrogens with zero attached hydrogens (tertiary/aromatic N) is 1. The summed E-state index contributed by atoms with van der Waals surface area (Å²) in [4.78, 5) is 2.38. The summed E-state index contributed by atoms with van der Waals surface area (Å²) < 4.78 is 18.6. The van der Waals surface area contributed by atoms with Crippen molar-refractivity contribution in [3.63, 3.8) is 0 Å². The number of rotatable bonds is 4. The van der Waals surface area contributed by atoms with Gasteiger partial charge in [-0.25, -0.2) is 4.39 Å². The molecule has 1 aromatic rings. The standard InChI is InChI=1S/C15H23FN2O/c1-15(17-2)6-8-18(9-7-15)11-12-4-5-14(19-3)13(16)10-12/h4-5,10,17H,6-9,11H2,1-3H3. The Kier molecular flexibility index (Phi) is 4.42. The molecule has 1 aliphatic rings. The van der Waals surface area contributed by atoms with E-state index in [0.29, 0.717) is 5.75 Å². The number of likely N-dealkylation sites (tertiary alicyclic amines) is 1. The van der Waals surface area contributed by atoms with E-state index in [2.05, 4.69) is 17.1 Å². The molecule has 1 saturated heterocycles. The van der Waals surface area contributed by atoms with E-state index < -0.39 is 0 Å². The van der Waals surface area contributed by atoms with Crippen molar-refractivity contribution in [2.24, 2.45) is 0 Å². The number of hydrogen-bond acceptors (Lipinski definition) is 3. The van der Waals surface area contributed by atoms with E-state index in [9.17, 15) is 4.39 Å². The second kappa shape index (κ2) is 5.88. The van der Waals surface area contributed by atoms with Crippen molar-refractivity contribution in [1.29, 1.82) is 0 Å². The average molecular weight is 266 g/mol. The zero-order valence-electron chi connectivity index (χ0n) is 12.0. The van der Waals surface area contributed by atoms with Crippen LogP contribution in [-0.4, -0.2) is 37.7 Å². The summed E-state index contributed by atoms with van der Waals surface area (Å²) >= 11 is 0. The summed E-state index contributed by atoms with van der Waals surface area (Å²) in [6.45, 7) is 5.16. The molecule has 1 N–H and O–H groups in total. The van der Waals surface area contributed by atoms with Gasteiger partial charge in [-0.15, -0.1) is 0 Å². The third-order valence-electron chi connectivity index (χ3n) is 4.19. The smallest absolute Gasteiger partial charge is 0.165 e. The third kappa shape index (κ3) is 3.45. The van der Waals surface area contributed by atoms with Gasteiger partial charge in [0.25, 0.3) is 0 Å². The third-order valence-corrected chi connectivity index (χ3v) is 4.19. The first kappa shape index (κ1) is 14.3. The van der Waals surface area contributed by atoms with Gasteiger partial charge in [0.05, 0.1) is 7.11 Å². The Morgan fingerprint density at radius 1 is 1.37 bits per heavy atom. The molecular weight excluding hydrogens is 243 g/mol. The summed E-state index contributed by atoms with van der Waals surface area (Å²) in [6.07, 6.45) is 2.25. The molecule has 2 rings (SSSR count). The maximum absolute atomic E-state index is 13.6. The summed E-state index contributed by atoms with van der Waals surface area (Å²) in [7, 11) is 3.51. The molecule has 4 heteroatoms. The molecule has 0 saturated carbocycles. The molecular formula is C15H23FN2O. The van der Waals surface area contributed by atoms with Gasteiger partial charge < -0.3 is 10.1 Å². The molecule has 19 heavy (non-hydrogen) atoms. The second-order valence-electron chi connectivity index (χ2n) is 5.56. The Morgan fingerprint density at radius 2 is 2.05 bits per heavy atom. The zero-order chi connectivity index (χ0) is 13.9. The van der Waals surface area contributed by atoms with Gasteiger partial charge in [-0.2, -0.15) is 0 Å². The van der Waals surface area contributed by atoms with Gasteiger partial charge in [0, 0.05) is 25.2 Å². The zero-order valence-corrected chi connectivity index (χ0v) is 12.0. The highest BCUT2D eigenvalue weighted by molar-refractivity contribution is 5.29. The number of hydrogen-bond donors (Lipinski definition) is 1. The molecule has 3 nitrogen and oxygen atoms in total. The van der Waals surface area contributed by atoms with Crippen LogP contribution in [0.25, 0.3) is 0 Å². The first-order valence-corrected chi connectivity index (χ1v) is 6.80. The van der Waals surface area contributed by atoms with E-state index in [1.807, 2.05) is 13.1 Å². The van der Waals surface area contributed by atoms with Crippen molar-refractivity contribution in [3.8, 4) is 5.75 Å². The lowest BCUT2D eigenvalue weighted by Crippen LogP contribution is -2.49. The van der Waals surface area contributed by atoms with Gasteiger partial charge >= 0.3 is 0 Å². The maximum atomic E-state index is 13.6. The Balaban J connectivity index is 1.94. The number of halogens is 1. The summed E-state index contributed by atoms with van der Waals surface area (Å²) in [5, 5.41) is 3.39. The number of benzene rings is 1. The van der Waals surface area contributed by atoms with Crippen molar-refractivity contribution in [1.82, 2.24) is 10.2 Å². The first-order valence-electron chi connectivity index (χ1n) is 6.80. The molecule has 0 unspecified atom stereocenters. The van der Waals surface area contributed by atoms with Crippen LogP contribution in [0.2, 0.25) is 0 Å². The number of ether oxygens (including phenoxy) is 1. The van der Waals surface area contributed by atoms with Gasteiger partial charge in [-0.3, -0.25) is 4.90 Å². The van der Waals surface area contributed by atoms with Gasteiger partial charge in [0.15, 0.2) is 11.6 Å². The molecule has 0 bridgehead atoms. The molecule has 0 aromatic heterocycles. The van der Waals surface area contributed by atoms with Gasteiger partial charge in [-0.1, -0.05) is 6.07 Å². The van der Waals surface area contributed by atoms with E-state index in [4.69, 9.17) is 4.74 Å². The van der Waals surface area contributed by atoms with Crippen LogP contribution in [0.15, 0.2) is 18.2 Å². The minimum Gasteiger partial charge on any atom is -0.494 e. The van der Waals surface area contributed by atoms with Crippen LogP contribution >= 0.6 is 0 Å². The molecule has 0 amide bonds. The van der Waals surface area contributed by atoms with E-state index in [0.717, 1.165) is 38.0 Å². The highest BCUT2D eigenvalue weighted by atomic mass is 19.1. The molecule has 0 aliphatic carbocycles. The van der Waals surface area contributed by atoms with Crippen LogP contribution in [0.3, 0.4) is 0 Å². The van der Waals surface area contributed by atoms with Gasteiger partial charge in [-0.05, 0) is 44.5 Å². The lowest BCUT2D eigenvalue weighted by atomic mass is 9.90. The van der Waals surface area contributed by atoms with Crippen LogP contribution in [-0.2, 0) is 6.54 Å². The van der Waals surface area contributed by atoms with Crippen molar-refractivity contribution < 1.29 is 9.13 Å². The highest BCUT2D eigenvalue weighted by Gasteiger charge is 2.28. The van der Waals surface area contributed by atoms with Crippen LogP contribution in [0.4, 0.5) is 4.39 Å². The molecule has 1 fully saturated rings. The van der Waals surface area contributed by atoms with Crippen LogP contribution < -0.4 is 10.1 Å². The second-order valence-corrected chi connectivity index (χ2v) is 5.56. The summed E-state index contributed by atoms with van der Waals surface area (Å²) in [5.41, 5.74) is 1.26. The summed E-state index contributed by atoms with van der Waals surface area (Å²) in [5.74, 6) is 0.0298. The number of methoxy groups -OCH3 is 1. The quantitative estimate of drug-likeness (QED) is 0.905. The molecule has 106 valence electrons. The fraction of sp³-hybridized carbons (Fsp3) is 0.600. The molecule has 0 atom stereocenters. The monoisotopic (exact) mass is 266 g/mol. The molecule has 0 spiro atoms. The predicted octanol–water partition coefficient (Wildman–Crippen LogP) is 2.41. The lowest BCUT2D eigenvalue weighted by Gasteiger charge is -2.39. The van der Waals surface area contributed by atoms with Gasteiger partial charge in [0.1, 0.15) is 0 Å². The fourth-order valence-corrected chi connectivity index (χ4v) is 2.52. The normalized spacial score (nSPS) is 19.4. The van der Waals surface area contributed by atoms with E-state index in [-0.39, 0.29) is 11.4 Å². The van der Waals surface area contributed by atoms with E-state index in [1.54, 1.807) is 12.1 Å². The molecule has 0 radical (unpaired) electrons. The minimum atomic E-state index is -0.280. The SMILES string of the molecule is CNC1(C)CCN(Cc2ccc(OC)c(F)c2)CC1. The predicted molar refractivity (Wildman–Crippen MR) is 74.9 cm³/mol. The maximum Gasteiger partial charge on any atom is 0.165 e. The molecule has 1 aromatic carbocycles. The fourth-order valence-electron chi connectivity index (χ4n) is 2.52. The minimum absolute atomic E-state index is 0.252. The van der Waals surface area contributed by atoms with Crippen LogP contribution in [0, 0.1) is 5.82 Å². The van der Waals surface area contributed by atoms with Crippen LogP contribution in [0.5, 0.6) is 5.75 Å². The van der Waals surface area contributed by atoms with Crippen LogP contribution in [0.1, 0.15) is 25.3 Å². The number of nitrogens with one attached hydrogen (secondary N) is 1. The highest BCUT2D eigenvalue weighted by Crippen LogP contribution is 2.24. The first-order chi connectivity index (χ1) is 9.06.